The molecule has 32 heavy (non-hydrogen) atoms. The number of fused-ring (bicyclic) bond motifs is 3. The molecule has 0 saturated heterocycles. The highest BCUT2D eigenvalue weighted by atomic mass is 35.5. The van der Waals surface area contributed by atoms with Crippen molar-refractivity contribution in [3.05, 3.63) is 77.8 Å². The van der Waals surface area contributed by atoms with E-state index in [1.165, 1.54) is 28.6 Å². The fraction of sp³-hybridized carbons (Fsp3) is 0.250. The third-order valence-electron chi connectivity index (χ3n) is 5.50. The van der Waals surface area contributed by atoms with Crippen LogP contribution in [0.25, 0.3) is 21.8 Å². The van der Waals surface area contributed by atoms with E-state index in [1.54, 1.807) is 0 Å². The van der Waals surface area contributed by atoms with E-state index < -0.39 is 16.1 Å². The molecule has 0 radical (unpaired) electrons. The first-order valence-electron chi connectivity index (χ1n) is 10.4. The molecule has 4 rings (SSSR count). The number of benzene rings is 3. The van der Waals surface area contributed by atoms with Crippen molar-refractivity contribution < 1.29 is 18.6 Å². The van der Waals surface area contributed by atoms with Crippen LogP contribution in [0.1, 0.15) is 6.42 Å². The summed E-state index contributed by atoms with van der Waals surface area (Å²) in [5.74, 6) is 0. The van der Waals surface area contributed by atoms with E-state index in [0.29, 0.717) is 5.02 Å². The Labute approximate surface area is 192 Å². The third-order valence-corrected chi connectivity index (χ3v) is 7.64. The van der Waals surface area contributed by atoms with Gasteiger partial charge in [0.15, 0.2) is 0 Å². The van der Waals surface area contributed by atoms with Crippen LogP contribution in [0.5, 0.6) is 0 Å². The lowest BCUT2D eigenvalue weighted by atomic mass is 10.2. The lowest BCUT2D eigenvalue weighted by Gasteiger charge is -2.25. The van der Waals surface area contributed by atoms with E-state index in [2.05, 4.69) is 0 Å². The maximum Gasteiger partial charge on any atom is 0.243 e. The third kappa shape index (κ3) is 4.53. The number of aliphatic hydroxyl groups is 2. The molecule has 0 aliphatic carbocycles. The van der Waals surface area contributed by atoms with Crippen LogP contribution in [0.2, 0.25) is 5.02 Å². The summed E-state index contributed by atoms with van der Waals surface area (Å²) in [6.45, 7) is 0.104. The number of halogens is 1. The minimum atomic E-state index is -3.85. The monoisotopic (exact) mass is 472 g/mol. The topological polar surface area (TPSA) is 82.8 Å². The van der Waals surface area contributed by atoms with Gasteiger partial charge in [0.05, 0.1) is 17.5 Å². The Balaban J connectivity index is 1.63. The average Bonchev–Trinajstić information content (AvgIpc) is 3.10. The predicted octanol–water partition coefficient (Wildman–Crippen LogP) is 3.88. The van der Waals surface area contributed by atoms with E-state index in [-0.39, 0.29) is 37.6 Å². The lowest BCUT2D eigenvalue weighted by Crippen LogP contribution is -2.40. The van der Waals surface area contributed by atoms with E-state index in [1.807, 2.05) is 53.1 Å². The summed E-state index contributed by atoms with van der Waals surface area (Å²) in [4.78, 5) is 0.101. The van der Waals surface area contributed by atoms with Gasteiger partial charge in [0.25, 0.3) is 0 Å². The van der Waals surface area contributed by atoms with E-state index in [4.69, 9.17) is 11.6 Å². The summed E-state index contributed by atoms with van der Waals surface area (Å²) >= 11 is 5.90. The second-order valence-corrected chi connectivity index (χ2v) is 10.1. The molecule has 3 aromatic carbocycles. The summed E-state index contributed by atoms with van der Waals surface area (Å²) in [5.41, 5.74) is 1.96. The van der Waals surface area contributed by atoms with Crippen molar-refractivity contribution in [2.24, 2.45) is 0 Å². The fourth-order valence-electron chi connectivity index (χ4n) is 4.02. The summed E-state index contributed by atoms with van der Waals surface area (Å²) in [6, 6.07) is 21.9. The lowest BCUT2D eigenvalue weighted by molar-refractivity contribution is 0.127. The predicted molar refractivity (Wildman–Crippen MR) is 127 cm³/mol. The second kappa shape index (κ2) is 9.60. The van der Waals surface area contributed by atoms with Gasteiger partial charge in [-0.1, -0.05) is 48.0 Å². The van der Waals surface area contributed by atoms with Crippen molar-refractivity contribution in [3.63, 3.8) is 0 Å². The number of rotatable bonds is 9. The van der Waals surface area contributed by atoms with Crippen molar-refractivity contribution in [1.82, 2.24) is 8.87 Å². The van der Waals surface area contributed by atoms with Gasteiger partial charge < -0.3 is 14.8 Å². The fourth-order valence-corrected chi connectivity index (χ4v) is 5.66. The van der Waals surface area contributed by atoms with Gasteiger partial charge in [0.2, 0.25) is 10.0 Å². The summed E-state index contributed by atoms with van der Waals surface area (Å²) in [5, 5.41) is 22.8. The van der Waals surface area contributed by atoms with E-state index >= 15 is 0 Å². The van der Waals surface area contributed by atoms with Gasteiger partial charge >= 0.3 is 0 Å². The average molecular weight is 473 g/mol. The molecular formula is C24H25ClN2O4S. The van der Waals surface area contributed by atoms with Crippen molar-refractivity contribution in [2.75, 3.05) is 19.7 Å². The summed E-state index contributed by atoms with van der Waals surface area (Å²) in [6.07, 6.45) is -0.676. The van der Waals surface area contributed by atoms with Crippen molar-refractivity contribution >= 4 is 43.4 Å². The minimum Gasteiger partial charge on any atom is -0.396 e. The van der Waals surface area contributed by atoms with Gasteiger partial charge in [0.1, 0.15) is 0 Å². The molecule has 0 saturated carbocycles. The molecule has 8 heteroatoms. The van der Waals surface area contributed by atoms with E-state index in [9.17, 15) is 18.6 Å². The zero-order valence-electron chi connectivity index (χ0n) is 17.4. The van der Waals surface area contributed by atoms with Crippen molar-refractivity contribution in [1.29, 1.82) is 0 Å². The molecule has 1 atom stereocenters. The molecule has 4 aromatic rings. The first-order chi connectivity index (χ1) is 15.4. The van der Waals surface area contributed by atoms with E-state index in [0.717, 1.165) is 21.8 Å². The number of aliphatic hydroxyl groups excluding tert-OH is 2. The molecular weight excluding hydrogens is 448 g/mol. The Morgan fingerprint density at radius 2 is 1.47 bits per heavy atom. The number of aromatic nitrogens is 1. The standard InChI is InChI=1S/C24H25ClN2O4S/c25-18-10-12-20(13-11-18)32(30,31)26(14-5-15-28)16-19(29)17-27-23-8-3-1-6-21(23)22-7-2-4-9-24(22)27/h1-4,6-13,19,28-29H,5,14-17H2. The quantitative estimate of drug-likeness (QED) is 0.387. The molecule has 1 unspecified atom stereocenters. The molecule has 1 heterocycles. The second-order valence-electron chi connectivity index (χ2n) is 7.69. The van der Waals surface area contributed by atoms with Crippen LogP contribution in [0, 0.1) is 0 Å². The molecule has 0 bridgehead atoms. The molecule has 1 aromatic heterocycles. The number of hydrogen-bond donors (Lipinski definition) is 2. The van der Waals surface area contributed by atoms with Crippen LogP contribution in [-0.2, 0) is 16.6 Å². The Morgan fingerprint density at radius 1 is 0.906 bits per heavy atom. The highest BCUT2D eigenvalue weighted by Crippen LogP contribution is 2.29. The number of nitrogens with zero attached hydrogens (tertiary/aromatic N) is 2. The van der Waals surface area contributed by atoms with Gasteiger partial charge in [-0.15, -0.1) is 0 Å². The maximum absolute atomic E-state index is 13.2. The van der Waals surface area contributed by atoms with Crippen LogP contribution in [0.15, 0.2) is 77.7 Å². The van der Waals surface area contributed by atoms with Gasteiger partial charge in [-0.2, -0.15) is 4.31 Å². The number of sulfonamides is 1. The Bertz CT molecular complexity index is 1270. The number of para-hydroxylation sites is 2. The highest BCUT2D eigenvalue weighted by Gasteiger charge is 2.27. The molecule has 0 aliphatic rings. The summed E-state index contributed by atoms with van der Waals surface area (Å²) in [7, 11) is -3.85. The largest absolute Gasteiger partial charge is 0.396 e. The van der Waals surface area contributed by atoms with Crippen molar-refractivity contribution in [2.45, 2.75) is 24.0 Å². The molecule has 168 valence electrons. The van der Waals surface area contributed by atoms with Crippen LogP contribution >= 0.6 is 11.6 Å². The zero-order chi connectivity index (χ0) is 22.7. The van der Waals surface area contributed by atoms with Crippen LogP contribution < -0.4 is 0 Å². The number of hydrogen-bond acceptors (Lipinski definition) is 4. The van der Waals surface area contributed by atoms with Gasteiger partial charge in [-0.05, 0) is 42.8 Å². The Kier molecular flexibility index (Phi) is 6.83. The Morgan fingerprint density at radius 3 is 2.03 bits per heavy atom. The summed E-state index contributed by atoms with van der Waals surface area (Å²) < 4.78 is 29.6. The molecule has 2 N–H and O–H groups in total. The molecule has 0 fully saturated rings. The van der Waals surface area contributed by atoms with Gasteiger partial charge in [0, 0.05) is 46.5 Å². The SMILES string of the molecule is O=S(=O)(c1ccc(Cl)cc1)N(CCCO)CC(O)Cn1c2ccccc2c2ccccc21. The highest BCUT2D eigenvalue weighted by molar-refractivity contribution is 7.89. The van der Waals surface area contributed by atoms with Gasteiger partial charge in [-0.3, -0.25) is 0 Å². The zero-order valence-corrected chi connectivity index (χ0v) is 19.0. The molecule has 6 nitrogen and oxygen atoms in total. The first kappa shape index (κ1) is 22.8. The van der Waals surface area contributed by atoms with Crippen LogP contribution in [-0.4, -0.2) is 53.3 Å². The normalized spacial score (nSPS) is 13.2. The van der Waals surface area contributed by atoms with Gasteiger partial charge in [-0.25, -0.2) is 8.42 Å². The van der Waals surface area contributed by atoms with Crippen LogP contribution in [0.4, 0.5) is 0 Å². The van der Waals surface area contributed by atoms with Crippen LogP contribution in [0.3, 0.4) is 0 Å². The maximum atomic E-state index is 13.2. The molecule has 0 amide bonds. The molecule has 0 aliphatic heterocycles. The minimum absolute atomic E-state index is 0.0915. The first-order valence-corrected chi connectivity index (χ1v) is 12.2. The van der Waals surface area contributed by atoms with Crippen molar-refractivity contribution in [3.8, 4) is 0 Å². The smallest absolute Gasteiger partial charge is 0.243 e. The Hall–Kier alpha value is -2.42. The molecule has 0 spiro atoms.